The first kappa shape index (κ1) is 13.4. The molecular weight excluding hydrogens is 226 g/mol. The highest BCUT2D eigenvalue weighted by molar-refractivity contribution is 5.43. The van der Waals surface area contributed by atoms with Crippen LogP contribution < -0.4 is 10.1 Å². The highest BCUT2D eigenvalue weighted by Crippen LogP contribution is 2.27. The lowest BCUT2D eigenvalue weighted by molar-refractivity contribution is 0.00687. The Morgan fingerprint density at radius 1 is 1.33 bits per heavy atom. The Hall–Kier alpha value is -1.06. The third-order valence-electron chi connectivity index (χ3n) is 3.30. The molecule has 3 heteroatoms. The van der Waals surface area contributed by atoms with Crippen LogP contribution in [0.25, 0.3) is 0 Å². The van der Waals surface area contributed by atoms with E-state index in [-0.39, 0.29) is 6.10 Å². The molecule has 1 N–H and O–H groups in total. The first-order valence-electron chi connectivity index (χ1n) is 6.70. The standard InChI is InChI=1S/C15H23NO2/c1-11-7-13(9-16-3)8-12(2)15(11)18-14-5-4-6-17-10-14/h7-8,14,16H,4-6,9-10H2,1-3H3. The summed E-state index contributed by atoms with van der Waals surface area (Å²) in [7, 11) is 1.97. The molecule has 1 heterocycles. The lowest BCUT2D eigenvalue weighted by Crippen LogP contribution is -2.28. The number of rotatable bonds is 4. The van der Waals surface area contributed by atoms with Crippen LogP contribution >= 0.6 is 0 Å². The summed E-state index contributed by atoms with van der Waals surface area (Å²) in [5.74, 6) is 1.03. The van der Waals surface area contributed by atoms with Crippen molar-refractivity contribution < 1.29 is 9.47 Å². The molecule has 0 spiro atoms. The van der Waals surface area contributed by atoms with Gasteiger partial charge in [0.2, 0.25) is 0 Å². The second-order valence-electron chi connectivity index (χ2n) is 5.05. The Morgan fingerprint density at radius 2 is 2.06 bits per heavy atom. The molecule has 1 aromatic carbocycles. The molecule has 0 amide bonds. The summed E-state index contributed by atoms with van der Waals surface area (Å²) in [4.78, 5) is 0. The van der Waals surface area contributed by atoms with Gasteiger partial charge in [-0.1, -0.05) is 12.1 Å². The van der Waals surface area contributed by atoms with Crippen LogP contribution in [-0.4, -0.2) is 26.4 Å². The molecule has 0 radical (unpaired) electrons. The molecule has 3 nitrogen and oxygen atoms in total. The number of hydrogen-bond acceptors (Lipinski definition) is 3. The van der Waals surface area contributed by atoms with Gasteiger partial charge in [-0.05, 0) is 50.4 Å². The summed E-state index contributed by atoms with van der Waals surface area (Å²) in [5, 5.41) is 3.18. The summed E-state index contributed by atoms with van der Waals surface area (Å²) in [5.41, 5.74) is 3.73. The third-order valence-corrected chi connectivity index (χ3v) is 3.30. The monoisotopic (exact) mass is 249 g/mol. The van der Waals surface area contributed by atoms with E-state index in [1.165, 1.54) is 16.7 Å². The van der Waals surface area contributed by atoms with Crippen LogP contribution in [0, 0.1) is 13.8 Å². The average molecular weight is 249 g/mol. The zero-order valence-corrected chi connectivity index (χ0v) is 11.6. The van der Waals surface area contributed by atoms with Gasteiger partial charge in [0.25, 0.3) is 0 Å². The van der Waals surface area contributed by atoms with E-state index in [0.29, 0.717) is 0 Å². The van der Waals surface area contributed by atoms with Crippen molar-refractivity contribution in [3.63, 3.8) is 0 Å². The van der Waals surface area contributed by atoms with Gasteiger partial charge < -0.3 is 14.8 Å². The lowest BCUT2D eigenvalue weighted by Gasteiger charge is -2.25. The summed E-state index contributed by atoms with van der Waals surface area (Å²) in [6.07, 6.45) is 2.41. The fraction of sp³-hybridized carbons (Fsp3) is 0.600. The molecule has 1 atom stereocenters. The van der Waals surface area contributed by atoms with Crippen molar-refractivity contribution in [2.45, 2.75) is 39.3 Å². The third kappa shape index (κ3) is 3.24. The van der Waals surface area contributed by atoms with Crippen molar-refractivity contribution in [2.75, 3.05) is 20.3 Å². The lowest BCUT2D eigenvalue weighted by atomic mass is 10.0. The van der Waals surface area contributed by atoms with Gasteiger partial charge >= 0.3 is 0 Å². The molecule has 1 aromatic rings. The number of aryl methyl sites for hydroxylation is 2. The van der Waals surface area contributed by atoms with Crippen molar-refractivity contribution in [3.05, 3.63) is 28.8 Å². The molecule has 18 heavy (non-hydrogen) atoms. The van der Waals surface area contributed by atoms with Gasteiger partial charge in [-0.3, -0.25) is 0 Å². The van der Waals surface area contributed by atoms with E-state index < -0.39 is 0 Å². The maximum Gasteiger partial charge on any atom is 0.125 e. The van der Waals surface area contributed by atoms with Crippen molar-refractivity contribution >= 4 is 0 Å². The molecule has 1 aliphatic heterocycles. The molecule has 1 unspecified atom stereocenters. The van der Waals surface area contributed by atoms with E-state index in [4.69, 9.17) is 9.47 Å². The maximum atomic E-state index is 6.10. The topological polar surface area (TPSA) is 30.5 Å². The van der Waals surface area contributed by atoms with E-state index in [0.717, 1.165) is 38.3 Å². The Kier molecular flexibility index (Phi) is 4.61. The fourth-order valence-electron chi connectivity index (χ4n) is 2.50. The number of benzene rings is 1. The molecular formula is C15H23NO2. The molecule has 2 rings (SSSR count). The fourth-order valence-corrected chi connectivity index (χ4v) is 2.50. The Bertz CT molecular complexity index is 374. The van der Waals surface area contributed by atoms with Crippen molar-refractivity contribution in [1.29, 1.82) is 0 Å². The molecule has 0 bridgehead atoms. The van der Waals surface area contributed by atoms with Crippen molar-refractivity contribution in [3.8, 4) is 5.75 Å². The van der Waals surface area contributed by atoms with E-state index in [9.17, 15) is 0 Å². The zero-order valence-electron chi connectivity index (χ0n) is 11.6. The van der Waals surface area contributed by atoms with Gasteiger partial charge in [0.15, 0.2) is 0 Å². The first-order valence-corrected chi connectivity index (χ1v) is 6.70. The largest absolute Gasteiger partial charge is 0.487 e. The van der Waals surface area contributed by atoms with E-state index in [2.05, 4.69) is 31.3 Å². The van der Waals surface area contributed by atoms with E-state index in [1.54, 1.807) is 0 Å². The van der Waals surface area contributed by atoms with Crippen LogP contribution in [0.5, 0.6) is 5.75 Å². The Balaban J connectivity index is 2.11. The highest BCUT2D eigenvalue weighted by atomic mass is 16.5. The smallest absolute Gasteiger partial charge is 0.125 e. The van der Waals surface area contributed by atoms with Crippen LogP contribution in [0.1, 0.15) is 29.5 Å². The van der Waals surface area contributed by atoms with E-state index >= 15 is 0 Å². The Morgan fingerprint density at radius 3 is 2.61 bits per heavy atom. The normalized spacial score (nSPS) is 19.8. The number of ether oxygens (including phenoxy) is 2. The Labute approximate surface area is 109 Å². The average Bonchev–Trinajstić information content (AvgIpc) is 2.36. The van der Waals surface area contributed by atoms with Gasteiger partial charge in [-0.15, -0.1) is 0 Å². The van der Waals surface area contributed by atoms with Gasteiger partial charge in [0, 0.05) is 13.2 Å². The summed E-state index contributed by atoms with van der Waals surface area (Å²) < 4.78 is 11.6. The predicted octanol–water partition coefficient (Wildman–Crippen LogP) is 2.58. The number of hydrogen-bond donors (Lipinski definition) is 1. The van der Waals surface area contributed by atoms with Gasteiger partial charge in [0.1, 0.15) is 11.9 Å². The molecule has 1 fully saturated rings. The first-order chi connectivity index (χ1) is 8.70. The minimum absolute atomic E-state index is 0.214. The molecule has 0 saturated carbocycles. The van der Waals surface area contributed by atoms with Crippen LogP contribution in [0.2, 0.25) is 0 Å². The van der Waals surface area contributed by atoms with Crippen molar-refractivity contribution in [1.82, 2.24) is 5.32 Å². The predicted molar refractivity (Wildman–Crippen MR) is 73.1 cm³/mol. The zero-order chi connectivity index (χ0) is 13.0. The quantitative estimate of drug-likeness (QED) is 0.889. The second-order valence-corrected chi connectivity index (χ2v) is 5.05. The molecule has 1 saturated heterocycles. The maximum absolute atomic E-state index is 6.10. The van der Waals surface area contributed by atoms with Crippen LogP contribution in [0.4, 0.5) is 0 Å². The molecule has 1 aliphatic rings. The number of nitrogens with one attached hydrogen (secondary N) is 1. The van der Waals surface area contributed by atoms with Gasteiger partial charge in [-0.25, -0.2) is 0 Å². The molecule has 0 aliphatic carbocycles. The summed E-state index contributed by atoms with van der Waals surface area (Å²) >= 11 is 0. The van der Waals surface area contributed by atoms with Gasteiger partial charge in [0.05, 0.1) is 6.61 Å². The van der Waals surface area contributed by atoms with Crippen LogP contribution in [0.15, 0.2) is 12.1 Å². The highest BCUT2D eigenvalue weighted by Gasteiger charge is 2.17. The second kappa shape index (κ2) is 6.21. The molecule has 100 valence electrons. The van der Waals surface area contributed by atoms with E-state index in [1.807, 2.05) is 7.05 Å². The molecule has 0 aromatic heterocycles. The summed E-state index contributed by atoms with van der Waals surface area (Å²) in [6.45, 7) is 6.72. The minimum Gasteiger partial charge on any atom is -0.487 e. The van der Waals surface area contributed by atoms with Crippen LogP contribution in [-0.2, 0) is 11.3 Å². The van der Waals surface area contributed by atoms with Gasteiger partial charge in [-0.2, -0.15) is 0 Å². The van der Waals surface area contributed by atoms with Crippen LogP contribution in [0.3, 0.4) is 0 Å². The SMILES string of the molecule is CNCc1cc(C)c(OC2CCCOC2)c(C)c1. The van der Waals surface area contributed by atoms with Crippen molar-refractivity contribution in [2.24, 2.45) is 0 Å². The minimum atomic E-state index is 0.214. The summed E-state index contributed by atoms with van der Waals surface area (Å²) in [6, 6.07) is 4.39.